The molecule has 0 bridgehead atoms. The van der Waals surface area contributed by atoms with Crippen molar-refractivity contribution in [1.29, 1.82) is 0 Å². The van der Waals surface area contributed by atoms with E-state index in [-0.39, 0.29) is 12.2 Å². The quantitative estimate of drug-likeness (QED) is 0.854. The van der Waals surface area contributed by atoms with E-state index in [9.17, 15) is 9.59 Å². The first-order chi connectivity index (χ1) is 8.29. The topological polar surface area (TPSA) is 55.4 Å². The molecule has 0 aromatic carbocycles. The first kappa shape index (κ1) is 14.7. The molecule has 0 aliphatic heterocycles. The number of Topliss-reactive ketones (excluding diaryl/α,β-unsaturated/α-hetero) is 1. The lowest BCUT2D eigenvalue weighted by Gasteiger charge is -2.19. The normalized spacial score (nSPS) is 11.1. The molecule has 0 atom stereocenters. The van der Waals surface area contributed by atoms with Crippen molar-refractivity contribution in [3.05, 3.63) is 21.9 Å². The molecular weight excluding hydrogens is 250 g/mol. The average Bonchev–Trinajstić information content (AvgIpc) is 2.61. The molecule has 0 saturated heterocycles. The summed E-state index contributed by atoms with van der Waals surface area (Å²) < 4.78 is 5.07. The molecule has 0 spiro atoms. The molecule has 4 nitrogen and oxygen atoms in total. The van der Waals surface area contributed by atoms with Crippen LogP contribution in [0.5, 0.6) is 0 Å². The maximum atomic E-state index is 11.8. The van der Waals surface area contributed by atoms with Gasteiger partial charge in [0.2, 0.25) is 0 Å². The summed E-state index contributed by atoms with van der Waals surface area (Å²) in [5, 5.41) is 4.47. The molecular formula is C13H19NO3S. The molecule has 0 fully saturated rings. The highest BCUT2D eigenvalue weighted by molar-refractivity contribution is 7.10. The molecule has 0 unspecified atom stereocenters. The second-order valence-electron chi connectivity index (χ2n) is 4.99. The van der Waals surface area contributed by atoms with Crippen molar-refractivity contribution in [3.63, 3.8) is 0 Å². The van der Waals surface area contributed by atoms with Crippen LogP contribution in [-0.4, -0.2) is 24.0 Å². The Labute approximate surface area is 111 Å². The van der Waals surface area contributed by atoms with Crippen LogP contribution in [0, 0.1) is 6.92 Å². The van der Waals surface area contributed by atoms with E-state index in [1.807, 2.05) is 18.4 Å². The summed E-state index contributed by atoms with van der Waals surface area (Å²) in [4.78, 5) is 24.2. The second-order valence-corrected chi connectivity index (χ2v) is 6.11. The standard InChI is InChI=1S/C13H19NO3S/c1-9-10(6-8-18-9)11(15)5-7-14-12(16)17-13(2,3)4/h6,8H,5,7H2,1-4H3,(H,14,16). The molecule has 1 rings (SSSR count). The first-order valence-corrected chi connectivity index (χ1v) is 6.72. The number of amides is 1. The van der Waals surface area contributed by atoms with Crippen molar-refractivity contribution in [2.75, 3.05) is 6.54 Å². The Balaban J connectivity index is 2.33. The van der Waals surface area contributed by atoms with E-state index in [1.54, 1.807) is 32.1 Å². The Morgan fingerprint density at radius 2 is 2.06 bits per heavy atom. The van der Waals surface area contributed by atoms with E-state index >= 15 is 0 Å². The van der Waals surface area contributed by atoms with E-state index < -0.39 is 11.7 Å². The minimum Gasteiger partial charge on any atom is -0.444 e. The molecule has 0 saturated carbocycles. The van der Waals surface area contributed by atoms with E-state index in [0.717, 1.165) is 10.4 Å². The monoisotopic (exact) mass is 269 g/mol. The van der Waals surface area contributed by atoms with Crippen LogP contribution in [0.3, 0.4) is 0 Å². The Hall–Kier alpha value is -1.36. The van der Waals surface area contributed by atoms with Gasteiger partial charge in [0.15, 0.2) is 5.78 Å². The van der Waals surface area contributed by atoms with Crippen molar-refractivity contribution < 1.29 is 14.3 Å². The molecule has 1 aromatic heterocycles. The van der Waals surface area contributed by atoms with Gasteiger partial charge < -0.3 is 10.1 Å². The van der Waals surface area contributed by atoms with E-state index in [2.05, 4.69) is 5.32 Å². The number of carbonyl (C=O) groups is 2. The third-order valence-electron chi connectivity index (χ3n) is 2.18. The lowest BCUT2D eigenvalue weighted by molar-refractivity contribution is 0.0527. The maximum Gasteiger partial charge on any atom is 0.407 e. The van der Waals surface area contributed by atoms with Crippen LogP contribution in [0.4, 0.5) is 4.79 Å². The van der Waals surface area contributed by atoms with Gasteiger partial charge in [-0.05, 0) is 39.1 Å². The average molecular weight is 269 g/mol. The number of aryl methyl sites for hydroxylation is 1. The molecule has 0 aliphatic rings. The third kappa shape index (κ3) is 4.87. The van der Waals surface area contributed by atoms with Crippen LogP contribution in [0.15, 0.2) is 11.4 Å². The summed E-state index contributed by atoms with van der Waals surface area (Å²) >= 11 is 1.55. The zero-order chi connectivity index (χ0) is 13.8. The Morgan fingerprint density at radius 3 is 2.56 bits per heavy atom. The first-order valence-electron chi connectivity index (χ1n) is 5.84. The third-order valence-corrected chi connectivity index (χ3v) is 3.03. The number of hydrogen-bond donors (Lipinski definition) is 1. The lowest BCUT2D eigenvalue weighted by atomic mass is 10.1. The number of nitrogens with one attached hydrogen (secondary N) is 1. The highest BCUT2D eigenvalue weighted by Crippen LogP contribution is 2.16. The molecule has 18 heavy (non-hydrogen) atoms. The van der Waals surface area contributed by atoms with E-state index in [1.165, 1.54) is 0 Å². The fourth-order valence-corrected chi connectivity index (χ4v) is 2.12. The van der Waals surface area contributed by atoms with Crippen LogP contribution >= 0.6 is 11.3 Å². The van der Waals surface area contributed by atoms with E-state index in [0.29, 0.717) is 6.54 Å². The van der Waals surface area contributed by atoms with Gasteiger partial charge in [0.25, 0.3) is 0 Å². The lowest BCUT2D eigenvalue weighted by Crippen LogP contribution is -2.33. The number of hydrogen-bond acceptors (Lipinski definition) is 4. The van der Waals surface area contributed by atoms with Gasteiger partial charge >= 0.3 is 6.09 Å². The fourth-order valence-electron chi connectivity index (χ4n) is 1.40. The zero-order valence-corrected chi connectivity index (χ0v) is 12.0. The Bertz CT molecular complexity index is 432. The van der Waals surface area contributed by atoms with Crippen molar-refractivity contribution in [2.24, 2.45) is 0 Å². The van der Waals surface area contributed by atoms with Crippen LogP contribution in [0.2, 0.25) is 0 Å². The van der Waals surface area contributed by atoms with E-state index in [4.69, 9.17) is 4.74 Å². The summed E-state index contributed by atoms with van der Waals surface area (Å²) in [5.74, 6) is 0.0461. The van der Waals surface area contributed by atoms with Gasteiger partial charge in [-0.3, -0.25) is 4.79 Å². The van der Waals surface area contributed by atoms with Crippen LogP contribution in [-0.2, 0) is 4.74 Å². The van der Waals surface area contributed by atoms with Gasteiger partial charge in [0, 0.05) is 23.4 Å². The van der Waals surface area contributed by atoms with Gasteiger partial charge in [-0.2, -0.15) is 0 Å². The molecule has 1 aromatic rings. The van der Waals surface area contributed by atoms with Gasteiger partial charge in [0.05, 0.1) is 0 Å². The molecule has 0 radical (unpaired) electrons. The number of thiophene rings is 1. The summed E-state index contributed by atoms with van der Waals surface area (Å²) in [6.45, 7) is 7.60. The second kappa shape index (κ2) is 6.00. The fraction of sp³-hybridized carbons (Fsp3) is 0.538. The summed E-state index contributed by atoms with van der Waals surface area (Å²) in [6.07, 6.45) is -0.200. The highest BCUT2D eigenvalue weighted by Gasteiger charge is 2.16. The van der Waals surface area contributed by atoms with Crippen molar-refractivity contribution >= 4 is 23.2 Å². The molecule has 1 heterocycles. The molecule has 1 amide bonds. The van der Waals surface area contributed by atoms with Gasteiger partial charge in [-0.1, -0.05) is 0 Å². The number of rotatable bonds is 4. The van der Waals surface area contributed by atoms with Crippen molar-refractivity contribution in [2.45, 2.75) is 39.7 Å². The molecule has 100 valence electrons. The van der Waals surface area contributed by atoms with Gasteiger partial charge in [0.1, 0.15) is 5.60 Å². The smallest absolute Gasteiger partial charge is 0.407 e. The van der Waals surface area contributed by atoms with Crippen molar-refractivity contribution in [1.82, 2.24) is 5.32 Å². The zero-order valence-electron chi connectivity index (χ0n) is 11.2. The highest BCUT2D eigenvalue weighted by atomic mass is 32.1. The Morgan fingerprint density at radius 1 is 1.39 bits per heavy atom. The molecule has 1 N–H and O–H groups in total. The molecule has 0 aliphatic carbocycles. The maximum absolute atomic E-state index is 11.8. The largest absolute Gasteiger partial charge is 0.444 e. The number of carbonyl (C=O) groups excluding carboxylic acids is 2. The van der Waals surface area contributed by atoms with Crippen LogP contribution < -0.4 is 5.32 Å². The predicted molar refractivity (Wildman–Crippen MR) is 72.2 cm³/mol. The number of ketones is 1. The molecule has 5 heteroatoms. The number of ether oxygens (including phenoxy) is 1. The minimum absolute atomic E-state index is 0.0461. The van der Waals surface area contributed by atoms with Crippen LogP contribution in [0.25, 0.3) is 0 Å². The van der Waals surface area contributed by atoms with Gasteiger partial charge in [-0.25, -0.2) is 4.79 Å². The SMILES string of the molecule is Cc1sccc1C(=O)CCNC(=O)OC(C)(C)C. The Kier molecular flexibility index (Phi) is 4.90. The van der Waals surface area contributed by atoms with Crippen molar-refractivity contribution in [3.8, 4) is 0 Å². The predicted octanol–water partition coefficient (Wildman–Crippen LogP) is 3.15. The van der Waals surface area contributed by atoms with Crippen LogP contribution in [0.1, 0.15) is 42.4 Å². The minimum atomic E-state index is -0.516. The summed E-state index contributed by atoms with van der Waals surface area (Å²) in [7, 11) is 0. The summed E-state index contributed by atoms with van der Waals surface area (Å²) in [5.41, 5.74) is 0.226. The van der Waals surface area contributed by atoms with Gasteiger partial charge in [-0.15, -0.1) is 11.3 Å². The summed E-state index contributed by atoms with van der Waals surface area (Å²) in [6, 6.07) is 1.82. The number of alkyl carbamates (subject to hydrolysis) is 1.